The minimum atomic E-state index is -0.323. The Kier molecular flexibility index (Phi) is 3.49. The topological polar surface area (TPSA) is 39.4 Å². The van der Waals surface area contributed by atoms with E-state index in [2.05, 4.69) is 11.8 Å². The van der Waals surface area contributed by atoms with Gasteiger partial charge in [-0.15, -0.1) is 0 Å². The smallest absolute Gasteiger partial charge is 0.336 e. The molecule has 2 heterocycles. The summed E-state index contributed by atoms with van der Waals surface area (Å²) in [5.74, 6) is 6.10. The van der Waals surface area contributed by atoms with E-state index in [-0.39, 0.29) is 5.97 Å². The zero-order chi connectivity index (χ0) is 13.0. The number of allylic oxidation sites excluding steroid dienone is 4. The van der Waals surface area contributed by atoms with E-state index >= 15 is 0 Å². The van der Waals surface area contributed by atoms with Gasteiger partial charge in [-0.3, -0.25) is 0 Å². The number of ether oxygens (including phenoxy) is 1. The second-order valence-corrected chi connectivity index (χ2v) is 3.93. The maximum absolute atomic E-state index is 11.0. The normalized spacial score (nSPS) is 17.2. The molecular formula is C15H12O3. The number of furan rings is 1. The van der Waals surface area contributed by atoms with Crippen molar-refractivity contribution in [1.82, 2.24) is 0 Å². The van der Waals surface area contributed by atoms with Crippen LogP contribution in [0.25, 0.3) is 0 Å². The molecule has 1 aliphatic heterocycles. The first kappa shape index (κ1) is 12.0. The molecule has 0 N–H and O–H groups in total. The van der Waals surface area contributed by atoms with Crippen molar-refractivity contribution in [3.05, 3.63) is 59.3 Å². The van der Waals surface area contributed by atoms with Crippen molar-refractivity contribution >= 4 is 5.97 Å². The van der Waals surface area contributed by atoms with Crippen molar-refractivity contribution in [3.8, 4) is 11.8 Å². The number of rotatable bonds is 1. The monoisotopic (exact) mass is 240 g/mol. The minimum Gasteiger partial charge on any atom is -0.471 e. The van der Waals surface area contributed by atoms with Crippen LogP contribution in [-0.4, -0.2) is 5.97 Å². The maximum Gasteiger partial charge on any atom is 0.336 e. The van der Waals surface area contributed by atoms with Gasteiger partial charge in [0.15, 0.2) is 0 Å². The Labute approximate surface area is 105 Å². The Bertz CT molecular complexity index is 602. The number of carbonyl (C=O) groups is 1. The molecule has 0 aromatic carbocycles. The van der Waals surface area contributed by atoms with Crippen molar-refractivity contribution in [2.24, 2.45) is 0 Å². The highest BCUT2D eigenvalue weighted by atomic mass is 16.5. The quantitative estimate of drug-likeness (QED) is 0.559. The predicted octanol–water partition coefficient (Wildman–Crippen LogP) is 2.96. The average molecular weight is 240 g/mol. The van der Waals surface area contributed by atoms with Crippen LogP contribution in [0.15, 0.2) is 58.1 Å². The molecule has 2 rings (SSSR count). The van der Waals surface area contributed by atoms with E-state index in [1.807, 2.05) is 13.8 Å². The molecule has 1 aliphatic rings. The fourth-order valence-electron chi connectivity index (χ4n) is 1.43. The van der Waals surface area contributed by atoms with Gasteiger partial charge in [0.25, 0.3) is 0 Å². The van der Waals surface area contributed by atoms with Crippen LogP contribution in [0, 0.1) is 11.8 Å². The first-order valence-corrected chi connectivity index (χ1v) is 5.48. The molecule has 0 bridgehead atoms. The summed E-state index contributed by atoms with van der Waals surface area (Å²) >= 11 is 0. The SMILES string of the molecule is CC1=CC(=O)O/C1=C/C(C)=C/C#Cc1ccoc1. The predicted molar refractivity (Wildman–Crippen MR) is 67.3 cm³/mol. The Hall–Kier alpha value is -2.47. The molecule has 0 spiro atoms. The van der Waals surface area contributed by atoms with Gasteiger partial charge in [0.05, 0.1) is 11.8 Å². The van der Waals surface area contributed by atoms with E-state index in [0.717, 1.165) is 16.7 Å². The largest absolute Gasteiger partial charge is 0.471 e. The van der Waals surface area contributed by atoms with E-state index in [4.69, 9.17) is 9.15 Å². The zero-order valence-electron chi connectivity index (χ0n) is 10.2. The molecule has 18 heavy (non-hydrogen) atoms. The molecule has 0 radical (unpaired) electrons. The molecule has 90 valence electrons. The molecule has 0 fully saturated rings. The summed E-state index contributed by atoms with van der Waals surface area (Å²) in [6, 6.07) is 1.79. The third-order valence-electron chi connectivity index (χ3n) is 2.33. The molecule has 3 heteroatoms. The molecular weight excluding hydrogens is 228 g/mol. The lowest BCUT2D eigenvalue weighted by molar-refractivity contribution is -0.132. The van der Waals surface area contributed by atoms with Crippen LogP contribution in [-0.2, 0) is 9.53 Å². The Morgan fingerprint density at radius 3 is 2.89 bits per heavy atom. The lowest BCUT2D eigenvalue weighted by Crippen LogP contribution is -1.91. The highest BCUT2D eigenvalue weighted by molar-refractivity contribution is 5.88. The van der Waals surface area contributed by atoms with Gasteiger partial charge in [-0.25, -0.2) is 4.79 Å². The van der Waals surface area contributed by atoms with Gasteiger partial charge in [-0.2, -0.15) is 0 Å². The van der Waals surface area contributed by atoms with E-state index in [0.29, 0.717) is 5.76 Å². The summed E-state index contributed by atoms with van der Waals surface area (Å²) in [5, 5.41) is 0. The molecule has 0 unspecified atom stereocenters. The van der Waals surface area contributed by atoms with Gasteiger partial charge in [-0.05, 0) is 43.2 Å². The molecule has 1 aromatic rings. The Balaban J connectivity index is 2.09. The van der Waals surface area contributed by atoms with Crippen LogP contribution in [0.2, 0.25) is 0 Å². The molecule has 0 atom stereocenters. The van der Waals surface area contributed by atoms with E-state index < -0.39 is 0 Å². The standard InChI is InChI=1S/C15H12O3/c1-11(4-3-5-13-6-7-17-10-13)8-14-12(2)9-15(16)18-14/h4,6-10H,1-2H3/b11-4+,14-8+. The fourth-order valence-corrected chi connectivity index (χ4v) is 1.43. The summed E-state index contributed by atoms with van der Waals surface area (Å²) in [6.07, 6.45) is 8.19. The number of esters is 1. The summed E-state index contributed by atoms with van der Waals surface area (Å²) in [6.45, 7) is 3.73. The molecule has 1 aromatic heterocycles. The van der Waals surface area contributed by atoms with Crippen molar-refractivity contribution in [2.45, 2.75) is 13.8 Å². The van der Waals surface area contributed by atoms with Crippen LogP contribution < -0.4 is 0 Å². The van der Waals surface area contributed by atoms with Gasteiger partial charge in [0.2, 0.25) is 0 Å². The first-order valence-electron chi connectivity index (χ1n) is 5.48. The molecule has 0 aliphatic carbocycles. The van der Waals surface area contributed by atoms with Crippen LogP contribution >= 0.6 is 0 Å². The number of carbonyl (C=O) groups excluding carboxylic acids is 1. The summed E-state index contributed by atoms with van der Waals surface area (Å²) in [5.41, 5.74) is 2.58. The summed E-state index contributed by atoms with van der Waals surface area (Å²) < 4.78 is 9.93. The molecule has 0 amide bonds. The van der Waals surface area contributed by atoms with Crippen molar-refractivity contribution < 1.29 is 13.9 Å². The Morgan fingerprint density at radius 1 is 1.44 bits per heavy atom. The van der Waals surface area contributed by atoms with Crippen LogP contribution in [0.1, 0.15) is 19.4 Å². The molecule has 0 saturated heterocycles. The lowest BCUT2D eigenvalue weighted by Gasteiger charge is -1.98. The van der Waals surface area contributed by atoms with Crippen LogP contribution in [0.4, 0.5) is 0 Å². The van der Waals surface area contributed by atoms with Gasteiger partial charge in [0.1, 0.15) is 12.0 Å². The van der Waals surface area contributed by atoms with E-state index in [1.165, 1.54) is 6.08 Å². The first-order chi connectivity index (χ1) is 8.65. The lowest BCUT2D eigenvalue weighted by atomic mass is 10.2. The average Bonchev–Trinajstić information content (AvgIpc) is 2.90. The van der Waals surface area contributed by atoms with Gasteiger partial charge in [-0.1, -0.05) is 11.8 Å². The van der Waals surface area contributed by atoms with Gasteiger partial charge in [0, 0.05) is 6.08 Å². The van der Waals surface area contributed by atoms with Crippen molar-refractivity contribution in [1.29, 1.82) is 0 Å². The third-order valence-corrected chi connectivity index (χ3v) is 2.33. The number of hydrogen-bond donors (Lipinski definition) is 0. The maximum atomic E-state index is 11.0. The van der Waals surface area contributed by atoms with Crippen LogP contribution in [0.3, 0.4) is 0 Å². The van der Waals surface area contributed by atoms with Crippen LogP contribution in [0.5, 0.6) is 0 Å². The number of hydrogen-bond acceptors (Lipinski definition) is 3. The second-order valence-electron chi connectivity index (χ2n) is 3.93. The van der Waals surface area contributed by atoms with E-state index in [1.54, 1.807) is 30.7 Å². The molecule has 0 saturated carbocycles. The van der Waals surface area contributed by atoms with E-state index in [9.17, 15) is 4.79 Å². The number of cyclic esters (lactones) is 1. The minimum absolute atomic E-state index is 0.323. The second kappa shape index (κ2) is 5.24. The van der Waals surface area contributed by atoms with Gasteiger partial charge < -0.3 is 9.15 Å². The summed E-state index contributed by atoms with van der Waals surface area (Å²) in [7, 11) is 0. The third kappa shape index (κ3) is 3.02. The Morgan fingerprint density at radius 2 is 2.28 bits per heavy atom. The van der Waals surface area contributed by atoms with Crippen molar-refractivity contribution in [2.75, 3.05) is 0 Å². The highest BCUT2D eigenvalue weighted by Gasteiger charge is 2.15. The fraction of sp³-hybridized carbons (Fsp3) is 0.133. The van der Waals surface area contributed by atoms with Gasteiger partial charge >= 0.3 is 5.97 Å². The highest BCUT2D eigenvalue weighted by Crippen LogP contribution is 2.20. The summed E-state index contributed by atoms with van der Waals surface area (Å²) in [4.78, 5) is 11.0. The molecule has 3 nitrogen and oxygen atoms in total. The van der Waals surface area contributed by atoms with Crippen molar-refractivity contribution in [3.63, 3.8) is 0 Å². The zero-order valence-corrected chi connectivity index (χ0v) is 10.2.